The van der Waals surface area contributed by atoms with Gasteiger partial charge in [0, 0.05) is 16.2 Å². The standard InChI is InChI=1S/3C15H27O4P.4CO.W/c3*1-11(2)7-14(16,8-11)13(5,6)15(19-20(17)18)9-12(3,4)10-15;4*1-2;/h3*16H,7-10H2,1-6H3;;;;;/q3*-2;;;;;+6. The van der Waals surface area contributed by atoms with Gasteiger partial charge in [0.15, 0.2) is 0 Å². The van der Waals surface area contributed by atoms with Gasteiger partial charge in [-0.05, 0) is 110 Å². The van der Waals surface area contributed by atoms with Crippen molar-refractivity contribution in [1.29, 1.82) is 0 Å². The maximum atomic E-state index is 11.2. The average molecular weight is 1200 g/mol. The third-order valence-electron chi connectivity index (χ3n) is 16.9. The summed E-state index contributed by atoms with van der Waals surface area (Å²) in [6.07, 6.45) is 8.13. The molecule has 6 aliphatic carbocycles. The first-order valence-electron chi connectivity index (χ1n) is 22.7. The molecule has 0 heterocycles. The molecule has 0 aromatic heterocycles. The van der Waals surface area contributed by atoms with E-state index in [-0.39, 0.29) is 53.6 Å². The Hall–Kier alpha value is 0.178. The number of hydrogen-bond donors (Lipinski definition) is 3. The van der Waals surface area contributed by atoms with Crippen LogP contribution in [0.4, 0.5) is 0 Å². The van der Waals surface area contributed by atoms with Crippen LogP contribution in [0.15, 0.2) is 0 Å². The minimum Gasteiger partial charge on any atom is -0.820 e. The Morgan fingerprint density at radius 2 is 0.449 bits per heavy atom. The molecular weight excluding hydrogens is 1120 g/mol. The van der Waals surface area contributed by atoms with Gasteiger partial charge in [0.1, 0.15) is 0 Å². The minimum absolute atomic E-state index is 0. The Balaban J connectivity index is 0. The van der Waals surface area contributed by atoms with Crippen LogP contribution in [0.25, 0.3) is 0 Å². The zero-order valence-electron chi connectivity index (χ0n) is 44.4. The summed E-state index contributed by atoms with van der Waals surface area (Å²) in [4.78, 5) is 97.0. The van der Waals surface area contributed by atoms with Gasteiger partial charge in [-0.3, -0.25) is 19.2 Å². The van der Waals surface area contributed by atoms with E-state index in [1.165, 1.54) is 0 Å². The summed E-state index contributed by atoms with van der Waals surface area (Å²) in [5.74, 6) is 0. The Bertz CT molecular complexity index is 1390. The van der Waals surface area contributed by atoms with Gasteiger partial charge in [0.25, 0.3) is 27.2 Å². The first-order valence-corrected chi connectivity index (χ1v) is 26.0. The average Bonchev–Trinajstić information content (AvgIpc) is 3.09. The maximum absolute atomic E-state index is 11.2. The van der Waals surface area contributed by atoms with E-state index in [1.807, 2.05) is 41.5 Å². The molecule has 0 amide bonds. The van der Waals surface area contributed by atoms with Gasteiger partial charge < -0.3 is 58.3 Å². The molecule has 3 N–H and O–H groups in total. The van der Waals surface area contributed by atoms with E-state index in [1.54, 1.807) is 0 Å². The molecule has 69 heavy (non-hydrogen) atoms. The summed E-state index contributed by atoms with van der Waals surface area (Å²) in [6.45, 7) is 55.2. The van der Waals surface area contributed by atoms with Gasteiger partial charge >= 0.3 is 21.1 Å². The quantitative estimate of drug-likeness (QED) is 0.224. The van der Waals surface area contributed by atoms with Crippen LogP contribution < -0.4 is 29.4 Å². The summed E-state index contributed by atoms with van der Waals surface area (Å²) in [5.41, 5.74) is -6.04. The molecule has 0 saturated heterocycles. The summed E-state index contributed by atoms with van der Waals surface area (Å²) in [5, 5.41) is 32.9. The molecule has 0 bridgehead atoms. The molecule has 20 heteroatoms. The monoisotopic (exact) mass is 1200 g/mol. The summed E-state index contributed by atoms with van der Waals surface area (Å²) in [7, 11) is -8.74. The van der Waals surface area contributed by atoms with Gasteiger partial charge in [-0.15, -0.1) is 0 Å². The van der Waals surface area contributed by atoms with Crippen molar-refractivity contribution in [2.75, 3.05) is 0 Å². The van der Waals surface area contributed by atoms with Crippen molar-refractivity contribution in [1.82, 2.24) is 0 Å². The molecule has 6 aliphatic rings. The zero-order valence-corrected chi connectivity index (χ0v) is 50.0. The van der Waals surface area contributed by atoms with Crippen molar-refractivity contribution < 1.29 is 98.5 Å². The van der Waals surface area contributed by atoms with Crippen LogP contribution in [0.1, 0.15) is 202 Å². The Labute approximate surface area is 433 Å². The third-order valence-corrected chi connectivity index (χ3v) is 18.4. The topological polar surface area (TPSA) is 295 Å². The van der Waals surface area contributed by atoms with Crippen LogP contribution in [0.2, 0.25) is 0 Å². The molecule has 6 rings (SSSR count). The maximum Gasteiger partial charge on any atom is 6.00 e. The van der Waals surface area contributed by atoms with E-state index >= 15 is 0 Å². The second kappa shape index (κ2) is 23.6. The van der Waals surface area contributed by atoms with Gasteiger partial charge in [0.2, 0.25) is 0 Å². The van der Waals surface area contributed by atoms with Crippen molar-refractivity contribution in [3.63, 3.8) is 0 Å². The van der Waals surface area contributed by atoms with E-state index < -0.39 is 75.7 Å². The fourth-order valence-electron chi connectivity index (χ4n) is 14.0. The molecule has 0 aromatic carbocycles. The van der Waals surface area contributed by atoms with Crippen molar-refractivity contribution in [3.05, 3.63) is 0 Å². The first-order chi connectivity index (χ1) is 30.2. The van der Waals surface area contributed by atoms with Crippen LogP contribution in [-0.4, -0.2) is 76.1 Å². The van der Waals surface area contributed by atoms with Gasteiger partial charge in [0.05, 0.1) is 33.6 Å². The molecular formula is C49H81O16P3W. The van der Waals surface area contributed by atoms with Crippen LogP contribution >= 0.6 is 25.8 Å². The molecule has 0 aromatic rings. The predicted molar refractivity (Wildman–Crippen MR) is 249 cm³/mol. The fourth-order valence-corrected chi connectivity index (χ4v) is 15.9. The Morgan fingerprint density at radius 3 is 0.536 bits per heavy atom. The number of hydrogen-bond acceptors (Lipinski definition) is 16. The third kappa shape index (κ3) is 15.0. The van der Waals surface area contributed by atoms with Crippen LogP contribution in [0.5, 0.6) is 0 Å². The SMILES string of the molecule is CC1(C)CC(O)(C(C)(C)C2(OP([O-])[O-])CC(C)(C)C2)C1.CC1(C)CC(O)(C(C)(C)C2(OP([O-])[O-])CC(C)(C)C2)C1.CC1(C)CC(O)(C(C)(C)C2(OP([O-])[O-])CC(C)(C)C2)C1.[C]=O.[C]=O.[C]=O.[C]=O.[W+6]. The molecule has 16 nitrogen and oxygen atoms in total. The number of rotatable bonds is 12. The largest absolute Gasteiger partial charge is 6.00 e. The fraction of sp³-hybridized carbons (Fsp3) is 0.918. The molecule has 0 atom stereocenters. The zero-order chi connectivity index (χ0) is 54.8. The van der Waals surface area contributed by atoms with Crippen molar-refractivity contribution in [3.8, 4) is 0 Å². The molecule has 8 radical (unpaired) electrons. The van der Waals surface area contributed by atoms with Gasteiger partial charge in [-0.25, -0.2) is 0 Å². The van der Waals surface area contributed by atoms with Gasteiger partial charge in [-0.2, -0.15) is 25.8 Å². The number of aliphatic hydroxyl groups is 3. The van der Waals surface area contributed by atoms with E-state index in [2.05, 4.69) is 110 Å². The second-order valence-corrected chi connectivity index (χ2v) is 28.9. The Morgan fingerprint density at radius 1 is 0.333 bits per heavy atom. The van der Waals surface area contributed by atoms with E-state index in [4.69, 9.17) is 32.7 Å². The van der Waals surface area contributed by atoms with Gasteiger partial charge in [-0.1, -0.05) is 125 Å². The van der Waals surface area contributed by atoms with E-state index in [0.29, 0.717) is 77.0 Å². The van der Waals surface area contributed by atoms with Crippen LogP contribution in [0, 0.1) is 48.7 Å². The van der Waals surface area contributed by atoms with Crippen molar-refractivity contribution >= 4 is 53.0 Å². The normalized spacial score (nSPS) is 26.1. The molecule has 0 aliphatic heterocycles. The Kier molecular flexibility index (Phi) is 24.4. The van der Waals surface area contributed by atoms with Crippen LogP contribution in [0.3, 0.4) is 0 Å². The summed E-state index contributed by atoms with van der Waals surface area (Å²) >= 11 is 0. The molecule has 6 fully saturated rings. The number of carbonyl (C=O) groups excluding carboxylic acids is 4. The molecule has 0 spiro atoms. The van der Waals surface area contributed by atoms with E-state index in [0.717, 1.165) is 0 Å². The van der Waals surface area contributed by atoms with Crippen LogP contribution in [-0.2, 0) is 53.8 Å². The second-order valence-electron chi connectivity index (χ2n) is 27.0. The molecule has 0 unspecified atom stereocenters. The first kappa shape index (κ1) is 71.3. The molecule has 6 saturated carbocycles. The summed E-state index contributed by atoms with van der Waals surface area (Å²) < 4.78 is 16.1. The minimum atomic E-state index is -2.91. The molecule has 394 valence electrons. The predicted octanol–water partition coefficient (Wildman–Crippen LogP) is 4.67. The van der Waals surface area contributed by atoms with Crippen molar-refractivity contribution in [2.24, 2.45) is 48.7 Å². The van der Waals surface area contributed by atoms with Crippen molar-refractivity contribution in [2.45, 2.75) is 235 Å². The summed E-state index contributed by atoms with van der Waals surface area (Å²) in [6, 6.07) is 0. The van der Waals surface area contributed by atoms with E-state index in [9.17, 15) is 44.7 Å². The smallest absolute Gasteiger partial charge is 0.820 e.